The number of imidazole rings is 1. The van der Waals surface area contributed by atoms with Gasteiger partial charge >= 0.3 is 0 Å². The zero-order chi connectivity index (χ0) is 13.9. The lowest BCUT2D eigenvalue weighted by Gasteiger charge is -2.34. The molecule has 0 aliphatic carbocycles. The highest BCUT2D eigenvalue weighted by Gasteiger charge is 2.20. The highest BCUT2D eigenvalue weighted by molar-refractivity contribution is 6.32. The molecule has 2 heterocycles. The molecule has 0 atom stereocenters. The smallest absolute Gasteiger partial charge is 0.101 e. The van der Waals surface area contributed by atoms with E-state index in [0.717, 1.165) is 31.6 Å². The molecule has 0 radical (unpaired) electrons. The van der Waals surface area contributed by atoms with Crippen LogP contribution < -0.4 is 4.90 Å². The number of nitrogens with zero attached hydrogens (tertiary/aromatic N) is 4. The van der Waals surface area contributed by atoms with Gasteiger partial charge in [-0.15, -0.1) is 0 Å². The van der Waals surface area contributed by atoms with E-state index in [1.807, 2.05) is 30.9 Å². The first-order valence-corrected chi connectivity index (χ1v) is 7.08. The molecule has 0 amide bonds. The first-order chi connectivity index (χ1) is 9.78. The van der Waals surface area contributed by atoms with E-state index < -0.39 is 0 Å². The van der Waals surface area contributed by atoms with Crippen LogP contribution in [-0.2, 0) is 0 Å². The predicted molar refractivity (Wildman–Crippen MR) is 78.9 cm³/mol. The molecule has 0 spiro atoms. The number of aromatic nitrogens is 2. The second kappa shape index (κ2) is 5.56. The Morgan fingerprint density at radius 2 is 2.10 bits per heavy atom. The average Bonchev–Trinajstić information content (AvgIpc) is 3.01. The van der Waals surface area contributed by atoms with Gasteiger partial charge in [-0.05, 0) is 31.0 Å². The fourth-order valence-electron chi connectivity index (χ4n) is 2.70. The number of benzene rings is 1. The van der Waals surface area contributed by atoms with Crippen molar-refractivity contribution in [3.8, 4) is 6.07 Å². The molecule has 2 aromatic rings. The maximum Gasteiger partial charge on any atom is 0.101 e. The van der Waals surface area contributed by atoms with Crippen molar-refractivity contribution in [3.63, 3.8) is 0 Å². The molecule has 1 aromatic heterocycles. The van der Waals surface area contributed by atoms with Crippen molar-refractivity contribution in [2.75, 3.05) is 18.0 Å². The van der Waals surface area contributed by atoms with Gasteiger partial charge in [0.15, 0.2) is 0 Å². The molecule has 102 valence electrons. The minimum absolute atomic E-state index is 0.529. The van der Waals surface area contributed by atoms with Crippen molar-refractivity contribution in [3.05, 3.63) is 47.5 Å². The highest BCUT2D eigenvalue weighted by atomic mass is 35.5. The number of halogens is 1. The summed E-state index contributed by atoms with van der Waals surface area (Å²) < 4.78 is 2.18. The molecule has 1 fully saturated rings. The molecule has 0 saturated carbocycles. The largest absolute Gasteiger partial charge is 0.371 e. The maximum absolute atomic E-state index is 8.90. The van der Waals surface area contributed by atoms with E-state index in [9.17, 15) is 0 Å². The van der Waals surface area contributed by atoms with E-state index in [0.29, 0.717) is 16.6 Å². The van der Waals surface area contributed by atoms with Crippen molar-refractivity contribution in [2.24, 2.45) is 0 Å². The number of rotatable bonds is 2. The standard InChI is InChI=1S/C15H15ClN4/c16-15-9-14(2-1-12(15)10-17)19-6-3-13(4-7-19)20-8-5-18-11-20/h1-2,5,8-9,11,13H,3-4,6-7H2. The number of piperidine rings is 1. The summed E-state index contributed by atoms with van der Waals surface area (Å²) in [5.41, 5.74) is 1.63. The van der Waals surface area contributed by atoms with Gasteiger partial charge in [-0.3, -0.25) is 0 Å². The normalized spacial score (nSPS) is 16.1. The first kappa shape index (κ1) is 13.0. The van der Waals surface area contributed by atoms with Crippen LogP contribution in [0.2, 0.25) is 5.02 Å². The van der Waals surface area contributed by atoms with Crippen molar-refractivity contribution in [1.82, 2.24) is 9.55 Å². The topological polar surface area (TPSA) is 44.9 Å². The van der Waals surface area contributed by atoms with E-state index in [2.05, 4.69) is 20.5 Å². The lowest BCUT2D eigenvalue weighted by atomic mass is 10.0. The van der Waals surface area contributed by atoms with Gasteiger partial charge < -0.3 is 9.47 Å². The molecular formula is C15H15ClN4. The zero-order valence-corrected chi connectivity index (χ0v) is 11.8. The fraction of sp³-hybridized carbons (Fsp3) is 0.333. The van der Waals surface area contributed by atoms with Crippen LogP contribution in [0.1, 0.15) is 24.4 Å². The molecule has 0 N–H and O–H groups in total. The van der Waals surface area contributed by atoms with Gasteiger partial charge in [0.05, 0.1) is 16.9 Å². The van der Waals surface area contributed by atoms with Crippen LogP contribution in [0.3, 0.4) is 0 Å². The van der Waals surface area contributed by atoms with E-state index in [4.69, 9.17) is 16.9 Å². The van der Waals surface area contributed by atoms with Crippen molar-refractivity contribution in [1.29, 1.82) is 5.26 Å². The minimum Gasteiger partial charge on any atom is -0.371 e. The lowest BCUT2D eigenvalue weighted by Crippen LogP contribution is -2.34. The summed E-state index contributed by atoms with van der Waals surface area (Å²) in [7, 11) is 0. The van der Waals surface area contributed by atoms with Gasteiger partial charge in [0.2, 0.25) is 0 Å². The Labute approximate surface area is 123 Å². The van der Waals surface area contributed by atoms with Gasteiger partial charge in [-0.1, -0.05) is 11.6 Å². The van der Waals surface area contributed by atoms with Gasteiger partial charge in [-0.25, -0.2) is 4.98 Å². The van der Waals surface area contributed by atoms with Gasteiger partial charge in [0, 0.05) is 37.2 Å². The summed E-state index contributed by atoms with van der Waals surface area (Å²) in [5.74, 6) is 0. The quantitative estimate of drug-likeness (QED) is 0.851. The summed E-state index contributed by atoms with van der Waals surface area (Å²) in [5, 5.41) is 9.43. The molecular weight excluding hydrogens is 272 g/mol. The van der Waals surface area contributed by atoms with Crippen molar-refractivity contribution >= 4 is 17.3 Å². The van der Waals surface area contributed by atoms with Crippen LogP contribution in [0, 0.1) is 11.3 Å². The molecule has 0 bridgehead atoms. The second-order valence-electron chi connectivity index (χ2n) is 5.00. The Morgan fingerprint density at radius 3 is 2.70 bits per heavy atom. The third-order valence-electron chi connectivity index (χ3n) is 3.85. The molecule has 20 heavy (non-hydrogen) atoms. The third-order valence-corrected chi connectivity index (χ3v) is 4.16. The number of nitriles is 1. The maximum atomic E-state index is 8.90. The Kier molecular flexibility index (Phi) is 3.62. The van der Waals surface area contributed by atoms with E-state index in [-0.39, 0.29) is 0 Å². The minimum atomic E-state index is 0.529. The molecule has 3 rings (SSSR count). The van der Waals surface area contributed by atoms with Crippen LogP contribution in [0.15, 0.2) is 36.9 Å². The van der Waals surface area contributed by atoms with Crippen LogP contribution in [0.5, 0.6) is 0 Å². The first-order valence-electron chi connectivity index (χ1n) is 6.70. The van der Waals surface area contributed by atoms with Crippen molar-refractivity contribution < 1.29 is 0 Å². The number of hydrogen-bond donors (Lipinski definition) is 0. The Morgan fingerprint density at radius 1 is 1.30 bits per heavy atom. The van der Waals surface area contributed by atoms with Crippen LogP contribution in [0.25, 0.3) is 0 Å². The summed E-state index contributed by atoms with van der Waals surface area (Å²) in [6.45, 7) is 1.98. The molecule has 1 aliphatic rings. The van der Waals surface area contributed by atoms with E-state index >= 15 is 0 Å². The molecule has 1 aromatic carbocycles. The lowest BCUT2D eigenvalue weighted by molar-refractivity contribution is 0.396. The second-order valence-corrected chi connectivity index (χ2v) is 5.41. The van der Waals surface area contributed by atoms with Gasteiger partial charge in [0.25, 0.3) is 0 Å². The molecule has 1 aliphatic heterocycles. The SMILES string of the molecule is N#Cc1ccc(N2CCC(n3ccnc3)CC2)cc1Cl. The fourth-order valence-corrected chi connectivity index (χ4v) is 2.92. The third kappa shape index (κ3) is 2.50. The number of anilines is 1. The Bertz CT molecular complexity index is 622. The highest BCUT2D eigenvalue weighted by Crippen LogP contribution is 2.29. The van der Waals surface area contributed by atoms with Crippen LogP contribution in [-0.4, -0.2) is 22.6 Å². The summed E-state index contributed by atoms with van der Waals surface area (Å²) in [6, 6.07) is 8.27. The zero-order valence-electron chi connectivity index (χ0n) is 11.0. The van der Waals surface area contributed by atoms with Crippen molar-refractivity contribution in [2.45, 2.75) is 18.9 Å². The number of hydrogen-bond acceptors (Lipinski definition) is 3. The predicted octanol–water partition coefficient (Wildman–Crippen LogP) is 3.25. The van der Waals surface area contributed by atoms with E-state index in [1.54, 1.807) is 6.07 Å². The Hall–Kier alpha value is -1.99. The van der Waals surface area contributed by atoms with Crippen LogP contribution in [0.4, 0.5) is 5.69 Å². The van der Waals surface area contributed by atoms with Crippen LogP contribution >= 0.6 is 11.6 Å². The average molecular weight is 287 g/mol. The van der Waals surface area contributed by atoms with Gasteiger partial charge in [-0.2, -0.15) is 5.26 Å². The van der Waals surface area contributed by atoms with E-state index in [1.165, 1.54) is 0 Å². The summed E-state index contributed by atoms with van der Waals surface area (Å²) in [4.78, 5) is 6.43. The summed E-state index contributed by atoms with van der Waals surface area (Å²) in [6.07, 6.45) is 7.92. The molecule has 5 heteroatoms. The summed E-state index contributed by atoms with van der Waals surface area (Å²) >= 11 is 6.10. The monoisotopic (exact) mass is 286 g/mol. The van der Waals surface area contributed by atoms with Gasteiger partial charge in [0.1, 0.15) is 6.07 Å². The Balaban J connectivity index is 1.69. The molecule has 1 saturated heterocycles. The molecule has 4 nitrogen and oxygen atoms in total. The molecule has 0 unspecified atom stereocenters.